The van der Waals surface area contributed by atoms with Crippen LogP contribution in [0.5, 0.6) is 5.75 Å². The summed E-state index contributed by atoms with van der Waals surface area (Å²) in [5.74, 6) is -1.01. The van der Waals surface area contributed by atoms with E-state index < -0.39 is 17.5 Å². The van der Waals surface area contributed by atoms with Crippen LogP contribution in [0.1, 0.15) is 5.56 Å². The molecule has 0 fully saturated rings. The number of hydrogen-bond donors (Lipinski definition) is 1. The zero-order chi connectivity index (χ0) is 14.5. The normalized spacial score (nSPS) is 10.2. The van der Waals surface area contributed by atoms with Gasteiger partial charge in [0.05, 0.1) is 0 Å². The maximum absolute atomic E-state index is 13.0. The van der Waals surface area contributed by atoms with Crippen molar-refractivity contribution in [2.24, 2.45) is 0 Å². The molecule has 3 nitrogen and oxygen atoms in total. The molecule has 0 heterocycles. The molecule has 0 spiro atoms. The first-order valence-electron chi connectivity index (χ1n) is 5.99. The van der Waals surface area contributed by atoms with E-state index in [9.17, 15) is 13.6 Å². The fourth-order valence-corrected chi connectivity index (χ4v) is 1.64. The molecular formula is C15H13F2NO2. The quantitative estimate of drug-likeness (QED) is 0.931. The number of halogens is 2. The summed E-state index contributed by atoms with van der Waals surface area (Å²) < 4.78 is 31.2. The van der Waals surface area contributed by atoms with Crippen molar-refractivity contribution in [3.63, 3.8) is 0 Å². The van der Waals surface area contributed by atoms with Gasteiger partial charge in [-0.2, -0.15) is 0 Å². The van der Waals surface area contributed by atoms with Gasteiger partial charge in [-0.15, -0.1) is 0 Å². The molecule has 1 N–H and O–H groups in total. The molecule has 0 saturated carbocycles. The summed E-state index contributed by atoms with van der Waals surface area (Å²) in [7, 11) is 0. The van der Waals surface area contributed by atoms with Gasteiger partial charge in [0.1, 0.15) is 17.4 Å². The predicted molar refractivity (Wildman–Crippen MR) is 71.7 cm³/mol. The lowest BCUT2D eigenvalue weighted by Gasteiger charge is -2.09. The van der Waals surface area contributed by atoms with Crippen LogP contribution in [0.3, 0.4) is 0 Å². The highest BCUT2D eigenvalue weighted by molar-refractivity contribution is 5.91. The van der Waals surface area contributed by atoms with Crippen LogP contribution in [-0.2, 0) is 4.79 Å². The Morgan fingerprint density at radius 1 is 1.15 bits per heavy atom. The molecule has 0 aliphatic rings. The molecule has 2 rings (SSSR count). The number of ether oxygens (including phenoxy) is 1. The van der Waals surface area contributed by atoms with Crippen molar-refractivity contribution in [2.75, 3.05) is 11.9 Å². The Kier molecular flexibility index (Phi) is 4.30. The summed E-state index contributed by atoms with van der Waals surface area (Å²) >= 11 is 0. The van der Waals surface area contributed by atoms with Gasteiger partial charge in [-0.3, -0.25) is 4.79 Å². The van der Waals surface area contributed by atoms with E-state index in [1.54, 1.807) is 19.1 Å². The van der Waals surface area contributed by atoms with E-state index in [1.807, 2.05) is 0 Å². The number of benzene rings is 2. The van der Waals surface area contributed by atoms with Crippen molar-refractivity contribution in [2.45, 2.75) is 6.92 Å². The highest BCUT2D eigenvalue weighted by atomic mass is 19.1. The third-order valence-corrected chi connectivity index (χ3v) is 2.62. The minimum absolute atomic E-state index is 0.277. The lowest BCUT2D eigenvalue weighted by Crippen LogP contribution is -2.20. The number of carbonyl (C=O) groups is 1. The summed E-state index contributed by atoms with van der Waals surface area (Å²) in [6, 6.07) is 9.62. The molecule has 0 saturated heterocycles. The molecule has 1 amide bonds. The first-order chi connectivity index (χ1) is 9.54. The maximum Gasteiger partial charge on any atom is 0.262 e. The third kappa shape index (κ3) is 3.78. The second-order valence-corrected chi connectivity index (χ2v) is 4.26. The Morgan fingerprint density at radius 3 is 2.65 bits per heavy atom. The number of aryl methyl sites for hydroxylation is 1. The molecule has 20 heavy (non-hydrogen) atoms. The molecule has 0 unspecified atom stereocenters. The molecule has 0 bridgehead atoms. The van der Waals surface area contributed by atoms with Gasteiger partial charge in [0.15, 0.2) is 6.61 Å². The van der Waals surface area contributed by atoms with E-state index in [0.29, 0.717) is 11.4 Å². The molecule has 2 aromatic carbocycles. The average molecular weight is 277 g/mol. The minimum Gasteiger partial charge on any atom is -0.483 e. The first kappa shape index (κ1) is 14.0. The van der Waals surface area contributed by atoms with Crippen LogP contribution in [0.15, 0.2) is 42.5 Å². The molecule has 104 valence electrons. The van der Waals surface area contributed by atoms with E-state index in [1.165, 1.54) is 30.3 Å². The van der Waals surface area contributed by atoms with Crippen LogP contribution >= 0.6 is 0 Å². The fraction of sp³-hybridized carbons (Fsp3) is 0.133. The molecule has 0 aliphatic carbocycles. The molecule has 2 aromatic rings. The Morgan fingerprint density at radius 2 is 1.90 bits per heavy atom. The molecule has 0 radical (unpaired) electrons. The van der Waals surface area contributed by atoms with Crippen LogP contribution in [-0.4, -0.2) is 12.5 Å². The predicted octanol–water partition coefficient (Wildman–Crippen LogP) is 3.29. The Labute approximate surface area is 115 Å². The summed E-state index contributed by atoms with van der Waals surface area (Å²) in [5.41, 5.74) is 1.07. The number of hydrogen-bond acceptors (Lipinski definition) is 2. The largest absolute Gasteiger partial charge is 0.483 e. The smallest absolute Gasteiger partial charge is 0.262 e. The minimum atomic E-state index is -0.445. The summed E-state index contributed by atoms with van der Waals surface area (Å²) in [6.45, 7) is 1.47. The van der Waals surface area contributed by atoms with Crippen molar-refractivity contribution < 1.29 is 18.3 Å². The fourth-order valence-electron chi connectivity index (χ4n) is 1.64. The molecular weight excluding hydrogens is 264 g/mol. The summed E-state index contributed by atoms with van der Waals surface area (Å²) in [5, 5.41) is 2.49. The van der Waals surface area contributed by atoms with E-state index in [0.717, 1.165) is 5.56 Å². The van der Waals surface area contributed by atoms with Gasteiger partial charge in [-0.05, 0) is 36.8 Å². The number of amides is 1. The Hall–Kier alpha value is -2.43. The van der Waals surface area contributed by atoms with Crippen LogP contribution in [0.2, 0.25) is 0 Å². The lowest BCUT2D eigenvalue weighted by atomic mass is 10.2. The summed E-state index contributed by atoms with van der Waals surface area (Å²) in [4.78, 5) is 11.6. The number of nitrogens with one attached hydrogen (secondary N) is 1. The van der Waals surface area contributed by atoms with Gasteiger partial charge >= 0.3 is 0 Å². The highest BCUT2D eigenvalue weighted by Crippen LogP contribution is 2.18. The van der Waals surface area contributed by atoms with Gasteiger partial charge < -0.3 is 10.1 Å². The number of anilines is 1. The van der Waals surface area contributed by atoms with Crippen molar-refractivity contribution in [1.82, 2.24) is 0 Å². The molecule has 0 atom stereocenters. The maximum atomic E-state index is 13.0. The van der Waals surface area contributed by atoms with Gasteiger partial charge in [0.2, 0.25) is 0 Å². The number of carbonyl (C=O) groups excluding carboxylic acids is 1. The standard InChI is InChI=1S/C15H13F2NO2/c1-10-5-6-12(17)8-14(10)20-9-15(19)18-13-4-2-3-11(16)7-13/h2-8H,9H2,1H3,(H,18,19). The molecule has 5 heteroatoms. The van der Waals surface area contributed by atoms with Crippen LogP contribution < -0.4 is 10.1 Å². The van der Waals surface area contributed by atoms with Gasteiger partial charge in [-0.1, -0.05) is 12.1 Å². The molecule has 0 aromatic heterocycles. The Balaban J connectivity index is 1.94. The molecule has 0 aliphatic heterocycles. The topological polar surface area (TPSA) is 38.3 Å². The van der Waals surface area contributed by atoms with E-state index >= 15 is 0 Å². The zero-order valence-corrected chi connectivity index (χ0v) is 10.8. The van der Waals surface area contributed by atoms with Crippen molar-refractivity contribution in [3.05, 3.63) is 59.7 Å². The summed E-state index contributed by atoms with van der Waals surface area (Å²) in [6.07, 6.45) is 0. The van der Waals surface area contributed by atoms with Gasteiger partial charge in [-0.25, -0.2) is 8.78 Å². The number of rotatable bonds is 4. The second-order valence-electron chi connectivity index (χ2n) is 4.26. The second kappa shape index (κ2) is 6.14. The van der Waals surface area contributed by atoms with Crippen LogP contribution in [0.4, 0.5) is 14.5 Å². The van der Waals surface area contributed by atoms with Crippen molar-refractivity contribution in [3.8, 4) is 5.75 Å². The first-order valence-corrected chi connectivity index (χ1v) is 5.99. The highest BCUT2D eigenvalue weighted by Gasteiger charge is 2.07. The van der Waals surface area contributed by atoms with E-state index in [-0.39, 0.29) is 6.61 Å². The zero-order valence-electron chi connectivity index (χ0n) is 10.8. The van der Waals surface area contributed by atoms with Crippen molar-refractivity contribution >= 4 is 11.6 Å². The van der Waals surface area contributed by atoms with Gasteiger partial charge in [0.25, 0.3) is 5.91 Å². The lowest BCUT2D eigenvalue weighted by molar-refractivity contribution is -0.118. The average Bonchev–Trinajstić information content (AvgIpc) is 2.40. The van der Waals surface area contributed by atoms with E-state index in [2.05, 4.69) is 5.32 Å². The van der Waals surface area contributed by atoms with Crippen molar-refractivity contribution in [1.29, 1.82) is 0 Å². The third-order valence-electron chi connectivity index (χ3n) is 2.62. The Bertz CT molecular complexity index is 629. The van der Waals surface area contributed by atoms with Crippen LogP contribution in [0.25, 0.3) is 0 Å². The van der Waals surface area contributed by atoms with Crippen LogP contribution in [0, 0.1) is 18.6 Å². The van der Waals surface area contributed by atoms with E-state index in [4.69, 9.17) is 4.74 Å². The van der Waals surface area contributed by atoms with Gasteiger partial charge in [0, 0.05) is 11.8 Å². The monoisotopic (exact) mass is 277 g/mol. The SMILES string of the molecule is Cc1ccc(F)cc1OCC(=O)Nc1cccc(F)c1.